The first-order valence-electron chi connectivity index (χ1n) is 6.08. The Balaban J connectivity index is 2.43. The van der Waals surface area contributed by atoms with Gasteiger partial charge in [-0.3, -0.25) is 0 Å². The molecule has 3 nitrogen and oxygen atoms in total. The SMILES string of the molecule is CC(O)(C(=O)O)c1ccccc1C1CCCC1. The topological polar surface area (TPSA) is 57.5 Å². The van der Waals surface area contributed by atoms with Crippen molar-refractivity contribution in [3.8, 4) is 0 Å². The molecule has 2 N–H and O–H groups in total. The number of aliphatic hydroxyl groups is 1. The number of rotatable bonds is 3. The lowest BCUT2D eigenvalue weighted by Gasteiger charge is -2.24. The molecule has 0 bridgehead atoms. The molecule has 2 rings (SSSR count). The van der Waals surface area contributed by atoms with Crippen LogP contribution in [-0.4, -0.2) is 16.2 Å². The van der Waals surface area contributed by atoms with Gasteiger partial charge in [-0.05, 0) is 36.8 Å². The molecule has 0 spiro atoms. The van der Waals surface area contributed by atoms with Crippen LogP contribution in [0.3, 0.4) is 0 Å². The van der Waals surface area contributed by atoms with E-state index < -0.39 is 11.6 Å². The Morgan fingerprint density at radius 2 is 1.88 bits per heavy atom. The molecule has 0 amide bonds. The molecule has 1 aromatic carbocycles. The molecule has 0 aromatic heterocycles. The summed E-state index contributed by atoms with van der Waals surface area (Å²) >= 11 is 0. The van der Waals surface area contributed by atoms with Gasteiger partial charge in [0.15, 0.2) is 5.60 Å². The van der Waals surface area contributed by atoms with Crippen LogP contribution in [-0.2, 0) is 10.4 Å². The summed E-state index contributed by atoms with van der Waals surface area (Å²) in [5.41, 5.74) is -0.254. The van der Waals surface area contributed by atoms with Gasteiger partial charge in [0.1, 0.15) is 0 Å². The molecule has 0 aliphatic heterocycles. The predicted molar refractivity (Wildman–Crippen MR) is 64.9 cm³/mol. The van der Waals surface area contributed by atoms with Gasteiger partial charge in [0.2, 0.25) is 0 Å². The molecule has 1 unspecified atom stereocenters. The maximum Gasteiger partial charge on any atom is 0.340 e. The van der Waals surface area contributed by atoms with E-state index in [-0.39, 0.29) is 0 Å². The summed E-state index contributed by atoms with van der Waals surface area (Å²) in [7, 11) is 0. The minimum Gasteiger partial charge on any atom is -0.479 e. The molecule has 0 heterocycles. The van der Waals surface area contributed by atoms with Gasteiger partial charge in [-0.25, -0.2) is 4.79 Å². The zero-order chi connectivity index (χ0) is 12.5. The number of aliphatic carboxylic acids is 1. The van der Waals surface area contributed by atoms with Crippen molar-refractivity contribution in [2.24, 2.45) is 0 Å². The third kappa shape index (κ3) is 2.20. The second kappa shape index (κ2) is 4.49. The Kier molecular flexibility index (Phi) is 3.20. The fourth-order valence-electron chi connectivity index (χ4n) is 2.65. The summed E-state index contributed by atoms with van der Waals surface area (Å²) in [5.74, 6) is -0.792. The zero-order valence-electron chi connectivity index (χ0n) is 10.0. The van der Waals surface area contributed by atoms with E-state index in [1.807, 2.05) is 12.1 Å². The second-order valence-corrected chi connectivity index (χ2v) is 4.95. The van der Waals surface area contributed by atoms with Crippen molar-refractivity contribution in [1.82, 2.24) is 0 Å². The van der Waals surface area contributed by atoms with Gasteiger partial charge in [0.25, 0.3) is 0 Å². The van der Waals surface area contributed by atoms with Crippen molar-refractivity contribution < 1.29 is 15.0 Å². The number of benzene rings is 1. The molecule has 0 radical (unpaired) electrons. The van der Waals surface area contributed by atoms with Crippen LogP contribution in [0.25, 0.3) is 0 Å². The zero-order valence-corrected chi connectivity index (χ0v) is 10.0. The summed E-state index contributed by atoms with van der Waals surface area (Å²) in [6, 6.07) is 7.37. The molecule has 17 heavy (non-hydrogen) atoms. The van der Waals surface area contributed by atoms with Crippen molar-refractivity contribution >= 4 is 5.97 Å². The molecular weight excluding hydrogens is 216 g/mol. The van der Waals surface area contributed by atoms with Crippen molar-refractivity contribution in [3.63, 3.8) is 0 Å². The first-order valence-corrected chi connectivity index (χ1v) is 6.08. The Bertz CT molecular complexity index is 417. The molecule has 92 valence electrons. The van der Waals surface area contributed by atoms with Gasteiger partial charge in [0.05, 0.1) is 0 Å². The van der Waals surface area contributed by atoms with E-state index in [1.54, 1.807) is 12.1 Å². The average Bonchev–Trinajstić information content (AvgIpc) is 2.82. The van der Waals surface area contributed by atoms with E-state index in [0.29, 0.717) is 11.5 Å². The monoisotopic (exact) mass is 234 g/mol. The smallest absolute Gasteiger partial charge is 0.340 e. The van der Waals surface area contributed by atoms with E-state index in [1.165, 1.54) is 19.8 Å². The Labute approximate surface area is 101 Å². The van der Waals surface area contributed by atoms with Crippen LogP contribution in [0.1, 0.15) is 49.7 Å². The van der Waals surface area contributed by atoms with Gasteiger partial charge < -0.3 is 10.2 Å². The highest BCUT2D eigenvalue weighted by atomic mass is 16.4. The molecule has 1 saturated carbocycles. The van der Waals surface area contributed by atoms with Crippen molar-refractivity contribution in [2.45, 2.75) is 44.1 Å². The number of hydrogen-bond donors (Lipinski definition) is 2. The molecule has 3 heteroatoms. The Morgan fingerprint density at radius 3 is 2.47 bits per heavy atom. The maximum atomic E-state index is 11.1. The maximum absolute atomic E-state index is 11.1. The van der Waals surface area contributed by atoms with Crippen molar-refractivity contribution in [1.29, 1.82) is 0 Å². The Hall–Kier alpha value is -1.35. The summed E-state index contributed by atoms with van der Waals surface area (Å²) in [4.78, 5) is 11.1. The molecule has 1 aliphatic carbocycles. The minimum absolute atomic E-state index is 0.400. The van der Waals surface area contributed by atoms with Crippen LogP contribution >= 0.6 is 0 Å². The molecule has 1 atom stereocenters. The van der Waals surface area contributed by atoms with E-state index in [2.05, 4.69) is 0 Å². The standard InChI is InChI=1S/C14H18O3/c1-14(17,13(15)16)12-9-5-4-8-11(12)10-6-2-3-7-10/h4-5,8-10,17H,2-3,6-7H2,1H3,(H,15,16). The van der Waals surface area contributed by atoms with Gasteiger partial charge in [-0.2, -0.15) is 0 Å². The summed E-state index contributed by atoms with van der Waals surface area (Å²) < 4.78 is 0. The normalized spacial score (nSPS) is 20.1. The van der Waals surface area contributed by atoms with Crippen LogP contribution in [0, 0.1) is 0 Å². The molecule has 1 fully saturated rings. The largest absolute Gasteiger partial charge is 0.479 e. The highest BCUT2D eigenvalue weighted by Crippen LogP contribution is 2.38. The fraction of sp³-hybridized carbons (Fsp3) is 0.500. The van der Waals surface area contributed by atoms with Crippen LogP contribution in [0.5, 0.6) is 0 Å². The van der Waals surface area contributed by atoms with E-state index in [9.17, 15) is 9.90 Å². The number of carbonyl (C=O) groups is 1. The first kappa shape index (κ1) is 12.1. The predicted octanol–water partition coefficient (Wildman–Crippen LogP) is 2.64. The summed E-state index contributed by atoms with van der Waals surface area (Å²) in [6.45, 7) is 1.35. The van der Waals surface area contributed by atoms with E-state index in [0.717, 1.165) is 18.4 Å². The van der Waals surface area contributed by atoms with E-state index in [4.69, 9.17) is 5.11 Å². The van der Waals surface area contributed by atoms with Gasteiger partial charge in [-0.15, -0.1) is 0 Å². The van der Waals surface area contributed by atoms with Crippen LogP contribution in [0.2, 0.25) is 0 Å². The second-order valence-electron chi connectivity index (χ2n) is 4.95. The van der Waals surface area contributed by atoms with Crippen LogP contribution in [0.15, 0.2) is 24.3 Å². The molecule has 1 aromatic rings. The third-order valence-corrected chi connectivity index (χ3v) is 3.70. The highest BCUT2D eigenvalue weighted by molar-refractivity contribution is 5.79. The number of hydrogen-bond acceptors (Lipinski definition) is 2. The van der Waals surface area contributed by atoms with Crippen molar-refractivity contribution in [3.05, 3.63) is 35.4 Å². The van der Waals surface area contributed by atoms with Crippen molar-refractivity contribution in [2.75, 3.05) is 0 Å². The van der Waals surface area contributed by atoms with Gasteiger partial charge >= 0.3 is 5.97 Å². The van der Waals surface area contributed by atoms with E-state index >= 15 is 0 Å². The number of carboxylic acid groups (broad SMARTS) is 1. The lowest BCUT2D eigenvalue weighted by Crippen LogP contribution is -2.33. The highest BCUT2D eigenvalue weighted by Gasteiger charge is 2.35. The lowest BCUT2D eigenvalue weighted by atomic mass is 9.85. The molecule has 1 aliphatic rings. The van der Waals surface area contributed by atoms with Gasteiger partial charge in [-0.1, -0.05) is 37.1 Å². The molecular formula is C14H18O3. The van der Waals surface area contributed by atoms with Gasteiger partial charge in [0, 0.05) is 0 Å². The minimum atomic E-state index is -1.79. The Morgan fingerprint density at radius 1 is 1.29 bits per heavy atom. The number of carboxylic acids is 1. The quantitative estimate of drug-likeness (QED) is 0.845. The first-order chi connectivity index (χ1) is 8.03. The third-order valence-electron chi connectivity index (χ3n) is 3.70. The summed E-state index contributed by atoms with van der Waals surface area (Å²) in [5, 5.41) is 19.2. The van der Waals surface area contributed by atoms with Crippen LogP contribution in [0.4, 0.5) is 0 Å². The average molecular weight is 234 g/mol. The van der Waals surface area contributed by atoms with Crippen LogP contribution < -0.4 is 0 Å². The fourth-order valence-corrected chi connectivity index (χ4v) is 2.65. The lowest BCUT2D eigenvalue weighted by molar-refractivity contribution is -0.157. The molecule has 0 saturated heterocycles. The summed E-state index contributed by atoms with van der Waals surface area (Å²) in [6.07, 6.45) is 4.56.